The van der Waals surface area contributed by atoms with Crippen molar-refractivity contribution in [3.63, 3.8) is 0 Å². The summed E-state index contributed by atoms with van der Waals surface area (Å²) < 4.78 is 19.3. The predicted molar refractivity (Wildman–Crippen MR) is 89.7 cm³/mol. The molecule has 0 atom stereocenters. The molecule has 0 unspecified atom stereocenters. The fourth-order valence-electron chi connectivity index (χ4n) is 3.48. The van der Waals surface area contributed by atoms with E-state index in [-0.39, 0.29) is 11.4 Å². The molecule has 3 rings (SSSR count). The van der Waals surface area contributed by atoms with Crippen LogP contribution in [0.2, 0.25) is 0 Å². The van der Waals surface area contributed by atoms with Crippen molar-refractivity contribution >= 4 is 5.97 Å². The molecule has 0 amide bonds. The number of ether oxygens (including phenoxy) is 1. The second kappa shape index (κ2) is 6.27. The van der Waals surface area contributed by atoms with Crippen LogP contribution >= 0.6 is 0 Å². The van der Waals surface area contributed by atoms with Gasteiger partial charge in [-0.25, -0.2) is 4.39 Å². The van der Waals surface area contributed by atoms with E-state index in [1.807, 2.05) is 37.3 Å². The highest BCUT2D eigenvalue weighted by molar-refractivity contribution is 5.81. The minimum absolute atomic E-state index is 0.354. The van der Waals surface area contributed by atoms with Gasteiger partial charge in [0.15, 0.2) is 0 Å². The molecule has 0 aliphatic heterocycles. The van der Waals surface area contributed by atoms with E-state index in [0.717, 1.165) is 5.75 Å². The van der Waals surface area contributed by atoms with E-state index >= 15 is 0 Å². The van der Waals surface area contributed by atoms with Crippen LogP contribution in [0.3, 0.4) is 0 Å². The molecule has 1 saturated carbocycles. The largest absolute Gasteiger partial charge is 0.488 e. The van der Waals surface area contributed by atoms with E-state index in [9.17, 15) is 14.3 Å². The molecular formula is C20H21FO3. The first-order chi connectivity index (χ1) is 11.4. The van der Waals surface area contributed by atoms with E-state index < -0.39 is 11.4 Å². The third-order valence-corrected chi connectivity index (χ3v) is 5.07. The molecule has 0 bridgehead atoms. The molecule has 1 fully saturated rings. The van der Waals surface area contributed by atoms with Gasteiger partial charge < -0.3 is 9.84 Å². The zero-order valence-electron chi connectivity index (χ0n) is 13.7. The molecule has 2 aromatic rings. The van der Waals surface area contributed by atoms with E-state index in [4.69, 9.17) is 4.74 Å². The number of benzene rings is 2. The van der Waals surface area contributed by atoms with Crippen LogP contribution in [0.5, 0.6) is 5.75 Å². The third kappa shape index (κ3) is 3.14. The van der Waals surface area contributed by atoms with Gasteiger partial charge in [0, 0.05) is 0 Å². The van der Waals surface area contributed by atoms with Gasteiger partial charge >= 0.3 is 5.97 Å². The van der Waals surface area contributed by atoms with Crippen LogP contribution in [0.4, 0.5) is 4.39 Å². The molecular weight excluding hydrogens is 307 g/mol. The Morgan fingerprint density at radius 1 is 1.00 bits per heavy atom. The second-order valence-corrected chi connectivity index (χ2v) is 6.76. The predicted octanol–water partition coefficient (Wildman–Crippen LogP) is 4.56. The number of para-hydroxylation sites is 1. The van der Waals surface area contributed by atoms with Crippen molar-refractivity contribution in [3.8, 4) is 5.75 Å². The van der Waals surface area contributed by atoms with Crippen molar-refractivity contribution in [1.82, 2.24) is 0 Å². The molecule has 1 aliphatic rings. The fourth-order valence-corrected chi connectivity index (χ4v) is 3.48. The van der Waals surface area contributed by atoms with Gasteiger partial charge in [0.05, 0.1) is 5.41 Å². The van der Waals surface area contributed by atoms with Crippen LogP contribution in [0, 0.1) is 5.82 Å². The summed E-state index contributed by atoms with van der Waals surface area (Å²) in [5.74, 6) is -0.409. The Kier molecular flexibility index (Phi) is 4.31. The lowest BCUT2D eigenvalue weighted by Gasteiger charge is -2.42. The summed E-state index contributed by atoms with van der Waals surface area (Å²) in [6, 6.07) is 15.4. The highest BCUT2D eigenvalue weighted by atomic mass is 19.1. The van der Waals surface area contributed by atoms with Crippen LogP contribution in [-0.2, 0) is 10.2 Å². The average molecular weight is 328 g/mol. The summed E-state index contributed by atoms with van der Waals surface area (Å²) >= 11 is 0. The van der Waals surface area contributed by atoms with Crippen molar-refractivity contribution in [2.75, 3.05) is 0 Å². The monoisotopic (exact) mass is 328 g/mol. The van der Waals surface area contributed by atoms with Crippen LogP contribution in [0.15, 0.2) is 54.6 Å². The smallest absolute Gasteiger partial charge is 0.314 e. The maximum absolute atomic E-state index is 13.2. The Morgan fingerprint density at radius 3 is 2.12 bits per heavy atom. The van der Waals surface area contributed by atoms with Crippen molar-refractivity contribution in [3.05, 3.63) is 66.0 Å². The maximum atomic E-state index is 13.2. The van der Waals surface area contributed by atoms with Crippen molar-refractivity contribution in [1.29, 1.82) is 0 Å². The molecule has 0 spiro atoms. The number of carboxylic acid groups (broad SMARTS) is 1. The number of hydrogen-bond acceptors (Lipinski definition) is 2. The maximum Gasteiger partial charge on any atom is 0.314 e. The summed E-state index contributed by atoms with van der Waals surface area (Å²) in [5, 5.41) is 9.84. The van der Waals surface area contributed by atoms with Gasteiger partial charge in [-0.2, -0.15) is 0 Å². The number of carboxylic acids is 1. The van der Waals surface area contributed by atoms with Crippen LogP contribution in [0.25, 0.3) is 0 Å². The van der Waals surface area contributed by atoms with Gasteiger partial charge in [0.1, 0.15) is 17.2 Å². The number of hydrogen-bond donors (Lipinski definition) is 1. The first-order valence-electron chi connectivity index (χ1n) is 8.17. The number of rotatable bonds is 4. The molecule has 1 N–H and O–H groups in total. The highest BCUT2D eigenvalue weighted by Gasteiger charge is 2.47. The van der Waals surface area contributed by atoms with Gasteiger partial charge in [-0.15, -0.1) is 0 Å². The van der Waals surface area contributed by atoms with E-state index in [0.29, 0.717) is 31.2 Å². The van der Waals surface area contributed by atoms with Crippen molar-refractivity contribution < 1.29 is 19.0 Å². The Labute approximate surface area is 141 Å². The number of carbonyl (C=O) groups is 1. The van der Waals surface area contributed by atoms with Gasteiger partial charge in [0.25, 0.3) is 0 Å². The molecule has 4 heteroatoms. The molecule has 0 heterocycles. The standard InChI is InChI=1S/C20H21FO3/c1-19(24-17-5-3-2-4-6-17)11-13-20(14-12-19,18(22)23)15-7-9-16(21)10-8-15/h2-10H,11-14H2,1H3,(H,22,23)/t19-,20+. The molecule has 24 heavy (non-hydrogen) atoms. The third-order valence-electron chi connectivity index (χ3n) is 5.07. The molecule has 1 aliphatic carbocycles. The summed E-state index contributed by atoms with van der Waals surface area (Å²) in [6.45, 7) is 2.02. The minimum Gasteiger partial charge on any atom is -0.488 e. The lowest BCUT2D eigenvalue weighted by Crippen LogP contribution is -2.47. The Morgan fingerprint density at radius 2 is 1.58 bits per heavy atom. The normalized spacial score (nSPS) is 26.8. The topological polar surface area (TPSA) is 46.5 Å². The van der Waals surface area contributed by atoms with E-state index in [2.05, 4.69) is 0 Å². The van der Waals surface area contributed by atoms with E-state index in [1.54, 1.807) is 12.1 Å². The molecule has 3 nitrogen and oxygen atoms in total. The summed E-state index contributed by atoms with van der Waals surface area (Å²) in [7, 11) is 0. The van der Waals surface area contributed by atoms with Crippen LogP contribution < -0.4 is 4.74 Å². The number of aliphatic carboxylic acids is 1. The average Bonchev–Trinajstić information content (AvgIpc) is 2.57. The van der Waals surface area contributed by atoms with Crippen molar-refractivity contribution in [2.24, 2.45) is 0 Å². The SMILES string of the molecule is C[C@]1(Oc2ccccc2)CC[C@](C(=O)O)(c2ccc(F)cc2)CC1. The molecule has 0 saturated heterocycles. The lowest BCUT2D eigenvalue weighted by molar-refractivity contribution is -0.147. The lowest BCUT2D eigenvalue weighted by atomic mass is 9.65. The fraction of sp³-hybridized carbons (Fsp3) is 0.350. The Balaban J connectivity index is 1.80. The van der Waals surface area contributed by atoms with Crippen molar-refractivity contribution in [2.45, 2.75) is 43.6 Å². The van der Waals surface area contributed by atoms with Gasteiger partial charge in [-0.05, 0) is 62.4 Å². The zero-order valence-corrected chi connectivity index (χ0v) is 13.7. The van der Waals surface area contributed by atoms with Gasteiger partial charge in [-0.1, -0.05) is 30.3 Å². The zero-order chi connectivity index (χ0) is 17.2. The minimum atomic E-state index is -0.965. The van der Waals surface area contributed by atoms with E-state index in [1.165, 1.54) is 12.1 Å². The summed E-state index contributed by atoms with van der Waals surface area (Å²) in [6.07, 6.45) is 2.20. The summed E-state index contributed by atoms with van der Waals surface area (Å²) in [4.78, 5) is 12.0. The quantitative estimate of drug-likeness (QED) is 0.895. The molecule has 0 aromatic heterocycles. The van der Waals surface area contributed by atoms with Gasteiger partial charge in [0.2, 0.25) is 0 Å². The second-order valence-electron chi connectivity index (χ2n) is 6.76. The first kappa shape index (κ1) is 16.5. The van der Waals surface area contributed by atoms with Gasteiger partial charge in [-0.3, -0.25) is 4.79 Å². The number of halogens is 1. The highest BCUT2D eigenvalue weighted by Crippen LogP contribution is 2.45. The summed E-state index contributed by atoms with van der Waals surface area (Å²) in [5.41, 5.74) is -0.689. The molecule has 126 valence electrons. The van der Waals surface area contributed by atoms with Crippen LogP contribution in [-0.4, -0.2) is 16.7 Å². The van der Waals surface area contributed by atoms with Crippen LogP contribution in [0.1, 0.15) is 38.2 Å². The first-order valence-corrected chi connectivity index (χ1v) is 8.17. The molecule has 0 radical (unpaired) electrons. The Hall–Kier alpha value is -2.36. The molecule has 2 aromatic carbocycles. The Bertz CT molecular complexity index is 701.